The van der Waals surface area contributed by atoms with Gasteiger partial charge in [0.2, 0.25) is 0 Å². The molecule has 1 fully saturated rings. The van der Waals surface area contributed by atoms with E-state index in [0.29, 0.717) is 23.7 Å². The highest BCUT2D eigenvalue weighted by atomic mass is 35.5. The lowest BCUT2D eigenvalue weighted by Gasteiger charge is -2.26. The van der Waals surface area contributed by atoms with Crippen molar-refractivity contribution in [1.82, 2.24) is 10.2 Å². The van der Waals surface area contributed by atoms with Gasteiger partial charge in [-0.2, -0.15) is 0 Å². The van der Waals surface area contributed by atoms with Crippen LogP contribution in [0.15, 0.2) is 18.2 Å². The van der Waals surface area contributed by atoms with Gasteiger partial charge in [0.25, 0.3) is 5.91 Å². The number of halogens is 1. The summed E-state index contributed by atoms with van der Waals surface area (Å²) in [6.45, 7) is 3.03. The van der Waals surface area contributed by atoms with Crippen molar-refractivity contribution in [3.05, 3.63) is 34.3 Å². The van der Waals surface area contributed by atoms with Crippen molar-refractivity contribution in [3.8, 4) is 0 Å². The molecule has 2 atom stereocenters. The number of aryl methyl sites for hydroxylation is 1. The van der Waals surface area contributed by atoms with Gasteiger partial charge in [0.15, 0.2) is 0 Å². The summed E-state index contributed by atoms with van der Waals surface area (Å²) in [4.78, 5) is 13.8. The first kappa shape index (κ1) is 13.3. The molecule has 0 unspecified atom stereocenters. The molecule has 0 bridgehead atoms. The van der Waals surface area contributed by atoms with Gasteiger partial charge in [-0.25, -0.2) is 0 Å². The summed E-state index contributed by atoms with van der Waals surface area (Å²) in [6, 6.07) is 5.07. The smallest absolute Gasteiger partial charge is 0.254 e. The van der Waals surface area contributed by atoms with Crippen molar-refractivity contribution in [1.29, 1.82) is 0 Å². The molecule has 1 saturated heterocycles. The first-order valence-electron chi connectivity index (χ1n) is 5.93. The van der Waals surface area contributed by atoms with Crippen molar-refractivity contribution in [2.24, 2.45) is 0 Å². The molecule has 0 aliphatic carbocycles. The number of aliphatic hydroxyl groups is 1. The van der Waals surface area contributed by atoms with Gasteiger partial charge < -0.3 is 15.3 Å². The summed E-state index contributed by atoms with van der Waals surface area (Å²) in [7, 11) is 1.71. The molecular weight excluding hydrogens is 252 g/mol. The molecule has 1 aliphatic heterocycles. The van der Waals surface area contributed by atoms with E-state index in [2.05, 4.69) is 5.32 Å². The summed E-state index contributed by atoms with van der Waals surface area (Å²) in [5.74, 6) is -0.121. The molecule has 0 saturated carbocycles. The van der Waals surface area contributed by atoms with Crippen LogP contribution in [0.2, 0.25) is 5.02 Å². The third-order valence-corrected chi connectivity index (χ3v) is 3.79. The number of carbonyl (C=O) groups excluding carboxylic acids is 1. The maximum atomic E-state index is 12.3. The summed E-state index contributed by atoms with van der Waals surface area (Å²) in [5.41, 5.74) is 1.49. The molecule has 18 heavy (non-hydrogen) atoms. The molecule has 4 nitrogen and oxygen atoms in total. The fourth-order valence-electron chi connectivity index (χ4n) is 2.13. The fourth-order valence-corrected chi connectivity index (χ4v) is 2.31. The van der Waals surface area contributed by atoms with Crippen LogP contribution in [0.5, 0.6) is 0 Å². The molecule has 0 radical (unpaired) electrons. The Kier molecular flexibility index (Phi) is 3.90. The normalized spacial score (nSPS) is 23.1. The van der Waals surface area contributed by atoms with Gasteiger partial charge in [-0.05, 0) is 24.6 Å². The second kappa shape index (κ2) is 5.26. The fraction of sp³-hybridized carbons (Fsp3) is 0.462. The predicted molar refractivity (Wildman–Crippen MR) is 70.9 cm³/mol. The van der Waals surface area contributed by atoms with E-state index in [1.54, 1.807) is 24.1 Å². The molecule has 1 aromatic carbocycles. The number of carbonyl (C=O) groups is 1. The Morgan fingerprint density at radius 3 is 2.78 bits per heavy atom. The average molecular weight is 269 g/mol. The number of amides is 1. The van der Waals surface area contributed by atoms with Gasteiger partial charge >= 0.3 is 0 Å². The number of nitrogens with zero attached hydrogens (tertiary/aromatic N) is 1. The topological polar surface area (TPSA) is 52.6 Å². The Morgan fingerprint density at radius 1 is 1.50 bits per heavy atom. The van der Waals surface area contributed by atoms with Crippen molar-refractivity contribution >= 4 is 17.5 Å². The van der Waals surface area contributed by atoms with Crippen molar-refractivity contribution < 1.29 is 9.90 Å². The molecule has 2 N–H and O–H groups in total. The SMILES string of the molecule is Cc1ccc(C(=O)N(C)[C@H]2CNC[C@@H]2O)cc1Cl. The molecule has 1 amide bonds. The molecule has 1 heterocycles. The molecular formula is C13H17ClN2O2. The number of benzene rings is 1. The van der Waals surface area contributed by atoms with Crippen LogP contribution >= 0.6 is 11.6 Å². The van der Waals surface area contributed by atoms with Crippen LogP contribution in [0.4, 0.5) is 0 Å². The van der Waals surface area contributed by atoms with Crippen LogP contribution in [-0.4, -0.2) is 48.2 Å². The van der Waals surface area contributed by atoms with Crippen molar-refractivity contribution in [2.75, 3.05) is 20.1 Å². The Morgan fingerprint density at radius 2 is 2.22 bits per heavy atom. The monoisotopic (exact) mass is 268 g/mol. The predicted octanol–water partition coefficient (Wildman–Crippen LogP) is 1.05. The largest absolute Gasteiger partial charge is 0.390 e. The van der Waals surface area contributed by atoms with E-state index >= 15 is 0 Å². The van der Waals surface area contributed by atoms with E-state index in [-0.39, 0.29) is 11.9 Å². The van der Waals surface area contributed by atoms with Gasteiger partial charge in [0.1, 0.15) is 0 Å². The molecule has 0 spiro atoms. The third-order valence-electron chi connectivity index (χ3n) is 3.39. The van der Waals surface area contributed by atoms with E-state index in [4.69, 9.17) is 11.6 Å². The average Bonchev–Trinajstić information content (AvgIpc) is 2.77. The molecule has 0 aromatic heterocycles. The lowest BCUT2D eigenvalue weighted by Crippen LogP contribution is -2.44. The highest BCUT2D eigenvalue weighted by Crippen LogP contribution is 2.19. The molecule has 1 aromatic rings. The number of nitrogens with one attached hydrogen (secondary N) is 1. The second-order valence-electron chi connectivity index (χ2n) is 4.67. The number of rotatable bonds is 2. The number of hydrogen-bond donors (Lipinski definition) is 2. The number of β-amino-alcohol motifs (C(OH)–C–C–N with tert-alkyl or cyclic N) is 1. The summed E-state index contributed by atoms with van der Waals surface area (Å²) >= 11 is 6.02. The highest BCUT2D eigenvalue weighted by molar-refractivity contribution is 6.31. The summed E-state index contributed by atoms with van der Waals surface area (Å²) in [6.07, 6.45) is -0.514. The van der Waals surface area contributed by atoms with E-state index in [9.17, 15) is 9.90 Å². The Bertz CT molecular complexity index is 464. The minimum absolute atomic E-state index is 0.121. The minimum Gasteiger partial charge on any atom is -0.390 e. The van der Waals surface area contributed by atoms with E-state index in [0.717, 1.165) is 5.56 Å². The van der Waals surface area contributed by atoms with Crippen LogP contribution in [0, 0.1) is 6.92 Å². The zero-order valence-electron chi connectivity index (χ0n) is 10.5. The Hall–Kier alpha value is -1.10. The minimum atomic E-state index is -0.514. The first-order chi connectivity index (χ1) is 8.50. The van der Waals surface area contributed by atoms with Gasteiger partial charge in [-0.15, -0.1) is 0 Å². The van der Waals surface area contributed by atoms with E-state index in [1.165, 1.54) is 0 Å². The molecule has 2 rings (SSSR count). The zero-order valence-corrected chi connectivity index (χ0v) is 11.2. The van der Waals surface area contributed by atoms with E-state index in [1.807, 2.05) is 13.0 Å². The van der Waals surface area contributed by atoms with Gasteiger partial charge in [-0.3, -0.25) is 4.79 Å². The maximum absolute atomic E-state index is 12.3. The second-order valence-corrected chi connectivity index (χ2v) is 5.08. The first-order valence-corrected chi connectivity index (χ1v) is 6.30. The van der Waals surface area contributed by atoms with Gasteiger partial charge in [0, 0.05) is 30.7 Å². The highest BCUT2D eigenvalue weighted by Gasteiger charge is 2.31. The Balaban J connectivity index is 2.17. The summed E-state index contributed by atoms with van der Waals surface area (Å²) in [5, 5.41) is 13.4. The lowest BCUT2D eigenvalue weighted by molar-refractivity contribution is 0.0581. The van der Waals surface area contributed by atoms with Crippen molar-refractivity contribution in [2.45, 2.75) is 19.1 Å². The van der Waals surface area contributed by atoms with Crippen LogP contribution in [0.25, 0.3) is 0 Å². The van der Waals surface area contributed by atoms with Crippen LogP contribution < -0.4 is 5.32 Å². The Labute approximate surface area is 112 Å². The maximum Gasteiger partial charge on any atom is 0.254 e. The van der Waals surface area contributed by atoms with Crippen LogP contribution in [0.3, 0.4) is 0 Å². The van der Waals surface area contributed by atoms with Crippen LogP contribution in [0.1, 0.15) is 15.9 Å². The number of aliphatic hydroxyl groups excluding tert-OH is 1. The molecule has 1 aliphatic rings. The third kappa shape index (κ3) is 2.51. The standard InChI is InChI=1S/C13H17ClN2O2/c1-8-3-4-9(5-10(8)14)13(18)16(2)11-6-15-7-12(11)17/h3-5,11-12,15,17H,6-7H2,1-2H3/t11-,12-/m0/s1. The van der Waals surface area contributed by atoms with Gasteiger partial charge in [-0.1, -0.05) is 17.7 Å². The van der Waals surface area contributed by atoms with Crippen molar-refractivity contribution in [3.63, 3.8) is 0 Å². The molecule has 5 heteroatoms. The van der Waals surface area contributed by atoms with Crippen LogP contribution in [-0.2, 0) is 0 Å². The number of hydrogen-bond acceptors (Lipinski definition) is 3. The lowest BCUT2D eigenvalue weighted by atomic mass is 10.1. The number of likely N-dealkylation sites (N-methyl/N-ethyl adjacent to an activating group) is 1. The van der Waals surface area contributed by atoms with E-state index < -0.39 is 6.10 Å². The quantitative estimate of drug-likeness (QED) is 0.843. The summed E-state index contributed by atoms with van der Waals surface area (Å²) < 4.78 is 0. The zero-order chi connectivity index (χ0) is 13.3. The van der Waals surface area contributed by atoms with Gasteiger partial charge in [0.05, 0.1) is 12.1 Å². The molecule has 98 valence electrons.